The fourth-order valence-corrected chi connectivity index (χ4v) is 6.24. The third kappa shape index (κ3) is 10.3. The number of nitrogens with zero attached hydrogens (tertiary/aromatic N) is 1. The monoisotopic (exact) mass is 622 g/mol. The van der Waals surface area contributed by atoms with E-state index in [4.69, 9.17) is 23.7 Å². The Morgan fingerprint density at radius 3 is 2.60 bits per heavy atom. The number of carbonyl (C=O) groups excluding carboxylic acids is 1. The minimum Gasteiger partial charge on any atom is -0.494 e. The maximum absolute atomic E-state index is 13.2. The molecular weight excluding hydrogens is 568 g/mol. The van der Waals surface area contributed by atoms with Gasteiger partial charge >= 0.3 is 6.09 Å². The number of hydrogen-bond donors (Lipinski definition) is 1. The number of amides is 1. The molecule has 2 heterocycles. The Hall–Kier alpha value is -2.81. The molecule has 1 aliphatic carbocycles. The summed E-state index contributed by atoms with van der Waals surface area (Å²) in [4.78, 5) is 15.0. The molecular formula is C37H54N2O6. The van der Waals surface area contributed by atoms with Gasteiger partial charge in [0, 0.05) is 58.0 Å². The van der Waals surface area contributed by atoms with E-state index in [9.17, 15) is 4.79 Å². The Morgan fingerprint density at radius 1 is 1.02 bits per heavy atom. The number of piperidine rings is 1. The van der Waals surface area contributed by atoms with Gasteiger partial charge in [-0.15, -0.1) is 0 Å². The number of nitrogens with one attached hydrogen (secondary N) is 1. The van der Waals surface area contributed by atoms with Crippen LogP contribution in [0.4, 0.5) is 10.5 Å². The van der Waals surface area contributed by atoms with E-state index < -0.39 is 5.60 Å². The van der Waals surface area contributed by atoms with Crippen molar-refractivity contribution in [2.45, 2.75) is 95.9 Å². The highest BCUT2D eigenvalue weighted by molar-refractivity contribution is 5.68. The van der Waals surface area contributed by atoms with Gasteiger partial charge in [-0.1, -0.05) is 24.3 Å². The summed E-state index contributed by atoms with van der Waals surface area (Å²) in [6, 6.07) is 15.2. The molecule has 0 aromatic heterocycles. The van der Waals surface area contributed by atoms with E-state index in [1.54, 1.807) is 7.11 Å². The summed E-state index contributed by atoms with van der Waals surface area (Å²) >= 11 is 0. The predicted molar refractivity (Wildman–Crippen MR) is 177 cm³/mol. The second-order valence-electron chi connectivity index (χ2n) is 13.9. The van der Waals surface area contributed by atoms with Gasteiger partial charge < -0.3 is 33.9 Å². The van der Waals surface area contributed by atoms with Crippen LogP contribution >= 0.6 is 0 Å². The van der Waals surface area contributed by atoms with Crippen molar-refractivity contribution in [2.24, 2.45) is 5.92 Å². The molecule has 5 rings (SSSR count). The lowest BCUT2D eigenvalue weighted by molar-refractivity contribution is -0.0692. The molecule has 1 saturated carbocycles. The van der Waals surface area contributed by atoms with Gasteiger partial charge in [0.25, 0.3) is 0 Å². The third-order valence-electron chi connectivity index (χ3n) is 8.87. The maximum Gasteiger partial charge on any atom is 0.410 e. The second kappa shape index (κ2) is 16.1. The zero-order valence-corrected chi connectivity index (χ0v) is 27.9. The zero-order chi connectivity index (χ0) is 31.6. The lowest BCUT2D eigenvalue weighted by Crippen LogP contribution is -2.48. The van der Waals surface area contributed by atoms with Gasteiger partial charge in [-0.05, 0) is 107 Å². The van der Waals surface area contributed by atoms with E-state index >= 15 is 0 Å². The van der Waals surface area contributed by atoms with E-state index in [1.807, 2.05) is 25.7 Å². The molecule has 2 aliphatic heterocycles. The molecule has 248 valence electrons. The SMILES string of the molecule is COCCCC(O[C@H]1CN(C(=O)OC(C)(C)C)CC[C@@H]1c1ccc(OCCCOCC2CC2)cc1)c1ccc2c(c1)NCCC2. The van der Waals surface area contributed by atoms with Gasteiger partial charge in [0.15, 0.2) is 0 Å². The van der Waals surface area contributed by atoms with E-state index in [0.29, 0.717) is 26.3 Å². The summed E-state index contributed by atoms with van der Waals surface area (Å²) in [7, 11) is 1.74. The molecule has 45 heavy (non-hydrogen) atoms. The van der Waals surface area contributed by atoms with Crippen LogP contribution in [-0.2, 0) is 25.4 Å². The smallest absolute Gasteiger partial charge is 0.410 e. The average Bonchev–Trinajstić information content (AvgIpc) is 3.86. The molecule has 2 aromatic rings. The maximum atomic E-state index is 13.2. The van der Waals surface area contributed by atoms with Gasteiger partial charge in [0.1, 0.15) is 11.4 Å². The van der Waals surface area contributed by atoms with E-state index in [2.05, 4.69) is 47.8 Å². The van der Waals surface area contributed by atoms with Crippen LogP contribution in [0, 0.1) is 5.92 Å². The van der Waals surface area contributed by atoms with Crippen LogP contribution in [0.5, 0.6) is 5.75 Å². The predicted octanol–water partition coefficient (Wildman–Crippen LogP) is 7.52. The number of anilines is 1. The van der Waals surface area contributed by atoms with Crippen LogP contribution in [0.1, 0.15) is 94.4 Å². The molecule has 0 spiro atoms. The number of benzene rings is 2. The summed E-state index contributed by atoms with van der Waals surface area (Å²) < 4.78 is 30.0. The highest BCUT2D eigenvalue weighted by Gasteiger charge is 2.37. The number of methoxy groups -OCH3 is 1. The minimum atomic E-state index is -0.553. The summed E-state index contributed by atoms with van der Waals surface area (Å²) in [5.41, 5.74) is 4.38. The number of rotatable bonds is 15. The molecule has 1 unspecified atom stereocenters. The van der Waals surface area contributed by atoms with Crippen molar-refractivity contribution < 1.29 is 28.5 Å². The van der Waals surface area contributed by atoms with Gasteiger partial charge in [0.2, 0.25) is 0 Å². The molecule has 0 bridgehead atoms. The fourth-order valence-electron chi connectivity index (χ4n) is 6.24. The normalized spacial score (nSPS) is 20.7. The molecule has 1 saturated heterocycles. The lowest BCUT2D eigenvalue weighted by atomic mass is 9.86. The number of fused-ring (bicyclic) bond motifs is 1. The number of aryl methyl sites for hydroxylation is 1. The Balaban J connectivity index is 1.29. The van der Waals surface area contributed by atoms with Crippen LogP contribution in [0.15, 0.2) is 42.5 Å². The van der Waals surface area contributed by atoms with Crippen molar-refractivity contribution in [3.63, 3.8) is 0 Å². The minimum absolute atomic E-state index is 0.120. The van der Waals surface area contributed by atoms with Crippen LogP contribution in [0.2, 0.25) is 0 Å². The summed E-state index contributed by atoms with van der Waals surface area (Å²) in [6.07, 6.45) is 7.68. The van der Waals surface area contributed by atoms with Crippen molar-refractivity contribution in [3.05, 3.63) is 59.2 Å². The van der Waals surface area contributed by atoms with E-state index in [1.165, 1.54) is 29.7 Å². The van der Waals surface area contributed by atoms with Crippen molar-refractivity contribution in [1.29, 1.82) is 0 Å². The van der Waals surface area contributed by atoms with Crippen LogP contribution in [0.25, 0.3) is 0 Å². The van der Waals surface area contributed by atoms with E-state index in [-0.39, 0.29) is 24.2 Å². The van der Waals surface area contributed by atoms with Crippen LogP contribution in [0.3, 0.4) is 0 Å². The molecule has 8 heteroatoms. The number of carbonyl (C=O) groups is 1. The first-order chi connectivity index (χ1) is 21.8. The summed E-state index contributed by atoms with van der Waals surface area (Å²) in [5, 5.41) is 3.58. The first-order valence-corrected chi connectivity index (χ1v) is 17.1. The standard InChI is InChI=1S/C37H54N2O6/c1-37(2,3)45-36(40)39-20-18-32(28-14-16-31(17-15-28)43-23-7-22-42-26-27-10-11-27)35(25-39)44-34(9-6-21-41-4)30-13-12-29-8-5-19-38-33(29)24-30/h12-17,24,27,32,34-35,38H,5-11,18-23,25-26H2,1-4H3/t32-,34?,35+/m1/s1. The van der Waals surface area contributed by atoms with E-state index in [0.717, 1.165) is 75.5 Å². The first-order valence-electron chi connectivity index (χ1n) is 17.1. The lowest BCUT2D eigenvalue weighted by Gasteiger charge is -2.40. The molecule has 3 aliphatic rings. The Bertz CT molecular complexity index is 1210. The Kier molecular flexibility index (Phi) is 12.0. The van der Waals surface area contributed by atoms with Crippen molar-refractivity contribution in [3.8, 4) is 5.75 Å². The number of likely N-dealkylation sites (tertiary alicyclic amines) is 1. The Morgan fingerprint density at radius 2 is 1.84 bits per heavy atom. The van der Waals surface area contributed by atoms with Gasteiger partial charge in [0.05, 0.1) is 25.4 Å². The topological polar surface area (TPSA) is 78.5 Å². The van der Waals surface area contributed by atoms with Crippen LogP contribution < -0.4 is 10.1 Å². The second-order valence-corrected chi connectivity index (χ2v) is 13.9. The average molecular weight is 623 g/mol. The first kappa shape index (κ1) is 33.6. The highest BCUT2D eigenvalue weighted by atomic mass is 16.6. The highest BCUT2D eigenvalue weighted by Crippen LogP contribution is 2.38. The molecule has 3 atom stereocenters. The Labute approximate surface area is 270 Å². The summed E-state index contributed by atoms with van der Waals surface area (Å²) in [5.74, 6) is 1.79. The third-order valence-corrected chi connectivity index (χ3v) is 8.87. The molecule has 1 N–H and O–H groups in total. The van der Waals surface area contributed by atoms with Gasteiger partial charge in [-0.3, -0.25) is 0 Å². The fraction of sp³-hybridized carbons (Fsp3) is 0.649. The van der Waals surface area contributed by atoms with Crippen molar-refractivity contribution in [2.75, 3.05) is 58.5 Å². The molecule has 2 fully saturated rings. The zero-order valence-electron chi connectivity index (χ0n) is 27.9. The quantitative estimate of drug-likeness (QED) is 0.206. The van der Waals surface area contributed by atoms with Gasteiger partial charge in [-0.25, -0.2) is 4.79 Å². The number of ether oxygens (including phenoxy) is 5. The summed E-state index contributed by atoms with van der Waals surface area (Å²) in [6.45, 7) is 10.8. The van der Waals surface area contributed by atoms with Gasteiger partial charge in [-0.2, -0.15) is 0 Å². The molecule has 1 amide bonds. The molecule has 8 nitrogen and oxygen atoms in total. The molecule has 2 aromatic carbocycles. The van der Waals surface area contributed by atoms with Crippen molar-refractivity contribution in [1.82, 2.24) is 4.90 Å². The largest absolute Gasteiger partial charge is 0.494 e. The van der Waals surface area contributed by atoms with Crippen molar-refractivity contribution >= 4 is 11.8 Å². The van der Waals surface area contributed by atoms with Crippen LogP contribution in [-0.4, -0.2) is 75.9 Å². The number of hydrogen-bond acceptors (Lipinski definition) is 7. The molecule has 0 radical (unpaired) electrons.